The van der Waals surface area contributed by atoms with Crippen molar-refractivity contribution in [1.82, 2.24) is 0 Å². The predicted octanol–water partition coefficient (Wildman–Crippen LogP) is 6.10. The molecule has 0 spiro atoms. The lowest BCUT2D eigenvalue weighted by Crippen LogP contribution is -2.19. The second kappa shape index (κ2) is 12.9. The Bertz CT molecular complexity index is 806. The largest absolute Gasteiger partial charge is 0.454 e. The molecular formula is C21H26N2O3S3. The van der Waals surface area contributed by atoms with Crippen LogP contribution in [0.3, 0.4) is 0 Å². The van der Waals surface area contributed by atoms with E-state index in [4.69, 9.17) is 27.2 Å². The van der Waals surface area contributed by atoms with Gasteiger partial charge in [-0.3, -0.25) is 0 Å². The molecule has 0 aliphatic carbocycles. The van der Waals surface area contributed by atoms with Gasteiger partial charge >= 0.3 is 0 Å². The maximum Gasteiger partial charge on any atom is 0.166 e. The van der Waals surface area contributed by atoms with Crippen molar-refractivity contribution in [3.8, 4) is 11.5 Å². The first kappa shape index (κ1) is 23.7. The highest BCUT2D eigenvalue weighted by molar-refractivity contribution is 8.11. The van der Waals surface area contributed by atoms with Crippen molar-refractivity contribution < 1.29 is 14.1 Å². The molecule has 0 radical (unpaired) electrons. The number of allylic oxidation sites excluding steroid dienone is 2. The predicted molar refractivity (Wildman–Crippen MR) is 128 cm³/mol. The van der Waals surface area contributed by atoms with Crippen molar-refractivity contribution >= 4 is 46.8 Å². The summed E-state index contributed by atoms with van der Waals surface area (Å²) in [6.45, 7) is 5.93. The highest BCUT2D eigenvalue weighted by atomic mass is 32.2. The van der Waals surface area contributed by atoms with Crippen LogP contribution in [0.1, 0.15) is 32.3 Å². The van der Waals surface area contributed by atoms with Gasteiger partial charge in [0.15, 0.2) is 5.75 Å². The van der Waals surface area contributed by atoms with Crippen molar-refractivity contribution in [3.05, 3.63) is 60.2 Å². The number of thiocarbonyl (C=S) groups is 1. The maximum absolute atomic E-state index is 6.18. The molecule has 5 nitrogen and oxygen atoms in total. The van der Waals surface area contributed by atoms with Crippen molar-refractivity contribution in [2.45, 2.75) is 31.6 Å². The second-order valence-corrected chi connectivity index (χ2v) is 8.05. The molecule has 1 aliphatic rings. The van der Waals surface area contributed by atoms with Gasteiger partial charge in [-0.1, -0.05) is 42.6 Å². The lowest BCUT2D eigenvalue weighted by Gasteiger charge is -2.24. The van der Waals surface area contributed by atoms with Crippen LogP contribution in [0.2, 0.25) is 0 Å². The summed E-state index contributed by atoms with van der Waals surface area (Å²) in [6, 6.07) is 13.5. The third-order valence-corrected chi connectivity index (χ3v) is 5.31. The zero-order valence-corrected chi connectivity index (χ0v) is 19.1. The van der Waals surface area contributed by atoms with Gasteiger partial charge in [0.05, 0.1) is 26.8 Å². The Balaban J connectivity index is 0.000000687. The molecule has 2 aromatic carbocycles. The number of benzene rings is 2. The lowest BCUT2D eigenvalue weighted by atomic mass is 10.2. The quantitative estimate of drug-likeness (QED) is 0.132. The summed E-state index contributed by atoms with van der Waals surface area (Å²) in [6.07, 6.45) is 6.29. The number of para-hydroxylation sites is 1. The van der Waals surface area contributed by atoms with Gasteiger partial charge < -0.3 is 9.64 Å². The molecule has 1 saturated heterocycles. The second-order valence-electron chi connectivity index (χ2n) is 6.15. The topological polar surface area (TPSA) is 57.0 Å². The van der Waals surface area contributed by atoms with Gasteiger partial charge in [0, 0.05) is 18.7 Å². The molecule has 156 valence electrons. The highest BCUT2D eigenvalue weighted by Crippen LogP contribution is 2.43. The van der Waals surface area contributed by atoms with E-state index in [0.29, 0.717) is 14.8 Å². The summed E-state index contributed by atoms with van der Waals surface area (Å²) >= 11 is 10.5. The zero-order valence-electron chi connectivity index (χ0n) is 16.5. The number of nitrogens with zero attached hydrogens (tertiary/aromatic N) is 1. The molecule has 0 aromatic heterocycles. The maximum atomic E-state index is 6.18. The Morgan fingerprint density at radius 3 is 2.34 bits per heavy atom. The third kappa shape index (κ3) is 7.33. The molecule has 0 bridgehead atoms. The highest BCUT2D eigenvalue weighted by Gasteiger charge is 2.22. The van der Waals surface area contributed by atoms with E-state index in [1.54, 1.807) is 0 Å². The summed E-state index contributed by atoms with van der Waals surface area (Å²) in [5.74, 6) is 6.42. The van der Waals surface area contributed by atoms with E-state index >= 15 is 0 Å². The van der Waals surface area contributed by atoms with E-state index in [9.17, 15) is 0 Å². The van der Waals surface area contributed by atoms with Crippen LogP contribution in [0, 0.1) is 0 Å². The molecule has 0 amide bonds. The van der Waals surface area contributed by atoms with E-state index in [2.05, 4.69) is 22.5 Å². The van der Waals surface area contributed by atoms with Gasteiger partial charge in [-0.2, -0.15) is 5.90 Å². The van der Waals surface area contributed by atoms with Crippen LogP contribution in [0.15, 0.2) is 59.5 Å². The molecule has 2 aromatic rings. The van der Waals surface area contributed by atoms with Crippen LogP contribution in [-0.2, 0) is 9.32 Å². The number of thiol groups is 1. The van der Waals surface area contributed by atoms with E-state index in [1.165, 1.54) is 0 Å². The smallest absolute Gasteiger partial charge is 0.166 e. The fourth-order valence-electron chi connectivity index (χ4n) is 2.73. The Labute approximate surface area is 187 Å². The Kier molecular flexibility index (Phi) is 10.5. The molecule has 29 heavy (non-hydrogen) atoms. The molecule has 0 unspecified atom stereocenters. The molecule has 3 rings (SSSR count). The molecule has 2 N–H and O–H groups in total. The zero-order chi connectivity index (χ0) is 21.1. The van der Waals surface area contributed by atoms with Crippen molar-refractivity contribution in [2.75, 3.05) is 18.0 Å². The first-order valence-corrected chi connectivity index (χ1v) is 10.9. The first-order valence-electron chi connectivity index (χ1n) is 9.27. The van der Waals surface area contributed by atoms with E-state index < -0.39 is 0 Å². The normalized spacial score (nSPS) is 13.3. The van der Waals surface area contributed by atoms with E-state index in [-0.39, 0.29) is 0 Å². The van der Waals surface area contributed by atoms with Crippen LogP contribution in [0.4, 0.5) is 5.69 Å². The number of anilines is 1. The molecule has 1 aliphatic heterocycles. The summed E-state index contributed by atoms with van der Waals surface area (Å²) in [4.78, 5) is 7.25. The van der Waals surface area contributed by atoms with Crippen LogP contribution in [-0.4, -0.2) is 17.3 Å². The number of rotatable bonds is 7. The fourth-order valence-corrected chi connectivity index (χ4v) is 3.49. The van der Waals surface area contributed by atoms with Crippen LogP contribution in [0.5, 0.6) is 11.5 Å². The molecule has 8 heteroatoms. The Hall–Kier alpha value is -1.55. The average Bonchev–Trinajstić information content (AvgIpc) is 3.28. The Morgan fingerprint density at radius 2 is 1.79 bits per heavy atom. The van der Waals surface area contributed by atoms with E-state index in [1.807, 2.05) is 68.5 Å². The number of hydrogen-bond acceptors (Lipinski definition) is 7. The van der Waals surface area contributed by atoms with Crippen molar-refractivity contribution in [3.63, 3.8) is 0 Å². The molecule has 1 heterocycles. The average molecular weight is 451 g/mol. The van der Waals surface area contributed by atoms with Crippen molar-refractivity contribution in [2.24, 2.45) is 5.90 Å². The number of hydrogen-bond donors (Lipinski definition) is 2. The summed E-state index contributed by atoms with van der Waals surface area (Å²) in [5.41, 5.74) is 1.78. The fraction of sp³-hybridized carbons (Fsp3) is 0.286. The van der Waals surface area contributed by atoms with Gasteiger partial charge in [0.2, 0.25) is 0 Å². The SMILES string of the molecule is CC=CC.NOOSc1cc(C(=S)S)cc(N2CCCC2)c1Oc1ccccc1. The summed E-state index contributed by atoms with van der Waals surface area (Å²) < 4.78 is 11.6. The molecule has 1 fully saturated rings. The van der Waals surface area contributed by atoms with Crippen LogP contribution < -0.4 is 15.5 Å². The summed E-state index contributed by atoms with van der Waals surface area (Å²) in [7, 11) is 0. The van der Waals surface area contributed by atoms with E-state index in [0.717, 1.165) is 55.0 Å². The minimum Gasteiger partial charge on any atom is -0.454 e. The monoisotopic (exact) mass is 450 g/mol. The lowest BCUT2D eigenvalue weighted by molar-refractivity contribution is -0.195. The summed E-state index contributed by atoms with van der Waals surface area (Å²) in [5, 5.41) is 0. The minimum absolute atomic E-state index is 0.502. The number of nitrogens with two attached hydrogens (primary N) is 1. The number of ether oxygens (including phenoxy) is 1. The van der Waals surface area contributed by atoms with Gasteiger partial charge in [-0.25, -0.2) is 0 Å². The molecular weight excluding hydrogens is 424 g/mol. The minimum atomic E-state index is 0.502. The third-order valence-electron chi connectivity index (χ3n) is 4.19. The Morgan fingerprint density at radius 1 is 1.14 bits per heavy atom. The van der Waals surface area contributed by atoms with Crippen LogP contribution in [0.25, 0.3) is 0 Å². The first-order chi connectivity index (χ1) is 14.1. The van der Waals surface area contributed by atoms with Gasteiger partial charge in [-0.15, -0.1) is 22.0 Å². The molecule has 0 saturated carbocycles. The van der Waals surface area contributed by atoms with Gasteiger partial charge in [-0.05, 0) is 51.0 Å². The van der Waals surface area contributed by atoms with Crippen LogP contribution >= 0.6 is 36.9 Å². The van der Waals surface area contributed by atoms with Gasteiger partial charge in [0.25, 0.3) is 0 Å². The van der Waals surface area contributed by atoms with Crippen molar-refractivity contribution in [1.29, 1.82) is 0 Å². The van der Waals surface area contributed by atoms with Gasteiger partial charge in [0.1, 0.15) is 5.75 Å². The molecule has 0 atom stereocenters. The standard InChI is InChI=1S/C17H18N2O3S3.C4H8/c18-21-22-25-15-11-12(17(23)24)10-14(19-8-4-5-9-19)16(15)20-13-6-2-1-3-7-13;1-3-4-2/h1-3,6-7,10-11H,4-5,8-9,18H2,(H,23,24);3-4H,1-2H3.